The van der Waals surface area contributed by atoms with Gasteiger partial charge in [-0.2, -0.15) is 0 Å². The maximum Gasteiger partial charge on any atom is 0.337 e. The highest BCUT2D eigenvalue weighted by atomic mass is 16.7. The van der Waals surface area contributed by atoms with Crippen LogP contribution in [0.15, 0.2) is 11.8 Å². The first-order valence-corrected chi connectivity index (χ1v) is 6.78. The quantitative estimate of drug-likeness (QED) is 0.783. The Kier molecular flexibility index (Phi) is 4.47. The molecule has 0 saturated heterocycles. The van der Waals surface area contributed by atoms with Crippen LogP contribution in [0.3, 0.4) is 0 Å². The number of aliphatic hydroxyl groups is 1. The van der Waals surface area contributed by atoms with E-state index >= 15 is 0 Å². The Balaban J connectivity index is 2.22. The van der Waals surface area contributed by atoms with Gasteiger partial charge in [-0.25, -0.2) is 4.79 Å². The van der Waals surface area contributed by atoms with Gasteiger partial charge < -0.3 is 19.3 Å². The van der Waals surface area contributed by atoms with Gasteiger partial charge >= 0.3 is 5.97 Å². The first-order chi connectivity index (χ1) is 9.08. The first-order valence-electron chi connectivity index (χ1n) is 6.78. The van der Waals surface area contributed by atoms with E-state index in [1.54, 1.807) is 0 Å². The lowest BCUT2D eigenvalue weighted by Gasteiger charge is -2.36. The van der Waals surface area contributed by atoms with Crippen molar-refractivity contribution in [3.8, 4) is 0 Å². The van der Waals surface area contributed by atoms with Crippen LogP contribution in [-0.2, 0) is 19.0 Å². The van der Waals surface area contributed by atoms with Crippen LogP contribution >= 0.6 is 0 Å². The van der Waals surface area contributed by atoms with Crippen LogP contribution in [0.25, 0.3) is 0 Å². The predicted octanol–water partition coefficient (Wildman–Crippen LogP) is 1.46. The van der Waals surface area contributed by atoms with Crippen molar-refractivity contribution in [1.29, 1.82) is 0 Å². The molecule has 1 heterocycles. The summed E-state index contributed by atoms with van der Waals surface area (Å²) in [6.07, 6.45) is 2.86. The van der Waals surface area contributed by atoms with E-state index in [1.807, 2.05) is 13.8 Å². The Morgan fingerprint density at radius 3 is 2.84 bits per heavy atom. The Morgan fingerprint density at radius 2 is 2.26 bits per heavy atom. The minimum absolute atomic E-state index is 0.0199. The van der Waals surface area contributed by atoms with Gasteiger partial charge in [0.1, 0.15) is 0 Å². The van der Waals surface area contributed by atoms with Crippen molar-refractivity contribution < 1.29 is 24.1 Å². The fraction of sp³-hybridized carbons (Fsp3) is 0.786. The Bertz CT molecular complexity index is 363. The van der Waals surface area contributed by atoms with Gasteiger partial charge in [0.05, 0.1) is 25.0 Å². The number of esters is 1. The second kappa shape index (κ2) is 5.92. The molecule has 0 spiro atoms. The van der Waals surface area contributed by atoms with E-state index in [-0.39, 0.29) is 36.4 Å². The third-order valence-corrected chi connectivity index (χ3v) is 3.96. The summed E-state index contributed by atoms with van der Waals surface area (Å²) >= 11 is 0. The number of carbonyl (C=O) groups excluding carboxylic acids is 1. The molecule has 1 aliphatic heterocycles. The van der Waals surface area contributed by atoms with E-state index in [9.17, 15) is 9.90 Å². The average molecular weight is 270 g/mol. The fourth-order valence-electron chi connectivity index (χ4n) is 3.12. The molecule has 19 heavy (non-hydrogen) atoms. The Labute approximate surface area is 113 Å². The first kappa shape index (κ1) is 14.3. The minimum Gasteiger partial charge on any atom is -0.472 e. The molecule has 2 rings (SSSR count). The molecule has 0 amide bonds. The van der Waals surface area contributed by atoms with Gasteiger partial charge in [0, 0.05) is 18.4 Å². The highest BCUT2D eigenvalue weighted by Crippen LogP contribution is 2.47. The van der Waals surface area contributed by atoms with Crippen LogP contribution in [0.1, 0.15) is 26.7 Å². The number of fused-ring (bicyclic) bond motifs is 1. The Hall–Kier alpha value is -1.07. The summed E-state index contributed by atoms with van der Waals surface area (Å²) in [5.41, 5.74) is 0.562. The fourth-order valence-corrected chi connectivity index (χ4v) is 3.12. The SMILES string of the molecule is COC(=O)C1=CO[C@H](OC(C)C)[C@@H]2[C@@H](CO)CC[C@H]12. The maximum atomic E-state index is 11.8. The normalized spacial score (nSPS) is 33.6. The summed E-state index contributed by atoms with van der Waals surface area (Å²) in [7, 11) is 1.37. The van der Waals surface area contributed by atoms with Gasteiger partial charge in [-0.1, -0.05) is 0 Å². The number of ether oxygens (including phenoxy) is 3. The molecule has 1 fully saturated rings. The molecule has 0 bridgehead atoms. The monoisotopic (exact) mass is 270 g/mol. The van der Waals surface area contributed by atoms with Crippen molar-refractivity contribution >= 4 is 5.97 Å². The highest BCUT2D eigenvalue weighted by molar-refractivity contribution is 5.89. The average Bonchev–Trinajstić information content (AvgIpc) is 2.82. The van der Waals surface area contributed by atoms with Crippen LogP contribution in [0.4, 0.5) is 0 Å². The predicted molar refractivity (Wildman–Crippen MR) is 68.0 cm³/mol. The summed E-state index contributed by atoms with van der Waals surface area (Å²) in [5.74, 6) is -0.160. The van der Waals surface area contributed by atoms with Crippen LogP contribution in [0.2, 0.25) is 0 Å². The van der Waals surface area contributed by atoms with E-state index in [4.69, 9.17) is 14.2 Å². The third kappa shape index (κ3) is 2.77. The summed E-state index contributed by atoms with van der Waals surface area (Å²) in [6, 6.07) is 0. The van der Waals surface area contributed by atoms with E-state index in [1.165, 1.54) is 13.4 Å². The van der Waals surface area contributed by atoms with Crippen LogP contribution in [0.5, 0.6) is 0 Å². The number of hydrogen-bond acceptors (Lipinski definition) is 5. The molecule has 5 heteroatoms. The molecule has 1 N–H and O–H groups in total. The zero-order chi connectivity index (χ0) is 14.0. The number of hydrogen-bond donors (Lipinski definition) is 1. The smallest absolute Gasteiger partial charge is 0.337 e. The van der Waals surface area contributed by atoms with Crippen LogP contribution < -0.4 is 0 Å². The van der Waals surface area contributed by atoms with E-state index in [2.05, 4.69) is 0 Å². The molecule has 5 nitrogen and oxygen atoms in total. The molecule has 1 saturated carbocycles. The van der Waals surface area contributed by atoms with Crippen molar-refractivity contribution in [1.82, 2.24) is 0 Å². The van der Waals surface area contributed by atoms with Gasteiger partial charge in [0.25, 0.3) is 0 Å². The molecule has 0 radical (unpaired) electrons. The molecule has 2 aliphatic rings. The van der Waals surface area contributed by atoms with E-state index in [0.29, 0.717) is 5.57 Å². The second-order valence-electron chi connectivity index (χ2n) is 5.46. The topological polar surface area (TPSA) is 65.0 Å². The van der Waals surface area contributed by atoms with E-state index < -0.39 is 6.29 Å². The van der Waals surface area contributed by atoms with Crippen molar-refractivity contribution in [2.75, 3.05) is 13.7 Å². The lowest BCUT2D eigenvalue weighted by molar-refractivity contribution is -0.187. The second-order valence-corrected chi connectivity index (χ2v) is 5.46. The van der Waals surface area contributed by atoms with Crippen molar-refractivity contribution in [2.45, 2.75) is 39.1 Å². The van der Waals surface area contributed by atoms with E-state index in [0.717, 1.165) is 12.8 Å². The molecule has 1 aliphatic carbocycles. The molecule has 108 valence electrons. The zero-order valence-corrected chi connectivity index (χ0v) is 11.7. The van der Waals surface area contributed by atoms with Gasteiger partial charge in [-0.05, 0) is 32.6 Å². The molecule has 4 atom stereocenters. The maximum absolute atomic E-state index is 11.8. The standard InChI is InChI=1S/C14H22O5/c1-8(2)19-14-12-9(6-15)4-5-10(12)11(7-18-14)13(16)17-3/h7-10,12,14-15H,4-6H2,1-3H3/t9-,10-,12-,14-/m1/s1. The van der Waals surface area contributed by atoms with Crippen LogP contribution in [0, 0.1) is 17.8 Å². The van der Waals surface area contributed by atoms with Gasteiger partial charge in [0.15, 0.2) is 0 Å². The van der Waals surface area contributed by atoms with Gasteiger partial charge in [0.2, 0.25) is 6.29 Å². The lowest BCUT2D eigenvalue weighted by atomic mass is 9.83. The molecular formula is C14H22O5. The summed E-state index contributed by atoms with van der Waals surface area (Å²) < 4.78 is 16.1. The number of aliphatic hydroxyl groups excluding tert-OH is 1. The Morgan fingerprint density at radius 1 is 1.53 bits per heavy atom. The molecule has 0 unspecified atom stereocenters. The molecular weight excluding hydrogens is 248 g/mol. The molecule has 0 aromatic rings. The minimum atomic E-state index is -0.391. The summed E-state index contributed by atoms with van der Waals surface area (Å²) in [6.45, 7) is 3.98. The number of methoxy groups -OCH3 is 1. The highest BCUT2D eigenvalue weighted by Gasteiger charge is 2.48. The van der Waals surface area contributed by atoms with Crippen molar-refractivity contribution in [3.63, 3.8) is 0 Å². The molecule has 0 aromatic carbocycles. The summed E-state index contributed by atoms with van der Waals surface area (Å²) in [5, 5.41) is 9.49. The van der Waals surface area contributed by atoms with Gasteiger partial charge in [-0.3, -0.25) is 0 Å². The third-order valence-electron chi connectivity index (χ3n) is 3.96. The molecule has 0 aromatic heterocycles. The zero-order valence-electron chi connectivity index (χ0n) is 11.7. The largest absolute Gasteiger partial charge is 0.472 e. The van der Waals surface area contributed by atoms with Crippen molar-refractivity contribution in [3.05, 3.63) is 11.8 Å². The number of carbonyl (C=O) groups is 1. The van der Waals surface area contributed by atoms with Gasteiger partial charge in [-0.15, -0.1) is 0 Å². The van der Waals surface area contributed by atoms with Crippen molar-refractivity contribution in [2.24, 2.45) is 17.8 Å². The lowest BCUT2D eigenvalue weighted by Crippen LogP contribution is -2.40. The van der Waals surface area contributed by atoms with Crippen LogP contribution in [-0.4, -0.2) is 37.2 Å². The summed E-state index contributed by atoms with van der Waals surface area (Å²) in [4.78, 5) is 11.8. The number of rotatable bonds is 4.